The molecule has 2 aromatic rings. The molecule has 2 aromatic carbocycles. The van der Waals surface area contributed by atoms with Crippen LogP contribution in [0.25, 0.3) is 0 Å². The summed E-state index contributed by atoms with van der Waals surface area (Å²) in [6.45, 7) is 1.63. The Hall–Kier alpha value is -2.33. The van der Waals surface area contributed by atoms with Crippen LogP contribution >= 0.6 is 0 Å². The van der Waals surface area contributed by atoms with Crippen molar-refractivity contribution in [2.45, 2.75) is 12.5 Å². The van der Waals surface area contributed by atoms with Gasteiger partial charge >= 0.3 is 0 Å². The monoisotopic (exact) mass is 335 g/mol. The number of fused-ring (bicyclic) bond motifs is 3. The summed E-state index contributed by atoms with van der Waals surface area (Å²) in [7, 11) is 6.19. The van der Waals surface area contributed by atoms with Gasteiger partial charge in [0.05, 0.1) is 11.8 Å². The largest absolute Gasteiger partial charge is 0.492 e. The van der Waals surface area contributed by atoms with E-state index in [2.05, 4.69) is 79.6 Å². The Morgan fingerprint density at radius 2 is 1.88 bits per heavy atom. The molecule has 4 heteroatoms. The molecule has 0 fully saturated rings. The average Bonchev–Trinajstić information content (AvgIpc) is 3.10. The third kappa shape index (κ3) is 3.02. The van der Waals surface area contributed by atoms with E-state index in [1.165, 1.54) is 22.4 Å². The lowest BCUT2D eigenvalue weighted by atomic mass is 9.90. The van der Waals surface area contributed by atoms with Gasteiger partial charge in [-0.2, -0.15) is 5.10 Å². The van der Waals surface area contributed by atoms with Gasteiger partial charge in [-0.25, -0.2) is 0 Å². The highest BCUT2D eigenvalue weighted by molar-refractivity contribution is 6.07. The Balaban J connectivity index is 1.50. The molecule has 4 rings (SSSR count). The molecular weight excluding hydrogens is 310 g/mol. The van der Waals surface area contributed by atoms with Crippen LogP contribution in [0.4, 0.5) is 0 Å². The lowest BCUT2D eigenvalue weighted by molar-refractivity contribution is 0.248. The standard InChI is InChI=1S/C21H25N3O/c1-23(2)12-13-25-17-10-8-15(9-11-17)21-19-14-16-6-4-5-7-18(16)20(19)22-24(21)3/h4-11,19,21H,12-14H2,1-3H3. The van der Waals surface area contributed by atoms with Crippen LogP contribution in [0.1, 0.15) is 22.7 Å². The molecule has 0 radical (unpaired) electrons. The van der Waals surface area contributed by atoms with Crippen LogP contribution in [0.2, 0.25) is 0 Å². The first-order valence-electron chi connectivity index (χ1n) is 8.90. The third-order valence-electron chi connectivity index (χ3n) is 5.16. The summed E-state index contributed by atoms with van der Waals surface area (Å²) in [5.74, 6) is 1.38. The molecule has 0 spiro atoms. The van der Waals surface area contributed by atoms with Crippen molar-refractivity contribution in [2.75, 3.05) is 34.3 Å². The average molecular weight is 335 g/mol. The molecule has 25 heavy (non-hydrogen) atoms. The molecule has 0 N–H and O–H groups in total. The highest BCUT2D eigenvalue weighted by Gasteiger charge is 2.41. The van der Waals surface area contributed by atoms with Crippen molar-refractivity contribution in [2.24, 2.45) is 11.0 Å². The van der Waals surface area contributed by atoms with Crippen molar-refractivity contribution in [1.82, 2.24) is 9.91 Å². The summed E-state index contributed by atoms with van der Waals surface area (Å²) in [6, 6.07) is 17.5. The van der Waals surface area contributed by atoms with Gasteiger partial charge in [-0.05, 0) is 43.8 Å². The molecule has 0 bridgehead atoms. The van der Waals surface area contributed by atoms with E-state index in [-0.39, 0.29) is 0 Å². The highest BCUT2D eigenvalue weighted by atomic mass is 16.5. The fraction of sp³-hybridized carbons (Fsp3) is 0.381. The maximum Gasteiger partial charge on any atom is 0.119 e. The van der Waals surface area contributed by atoms with E-state index in [9.17, 15) is 0 Å². The predicted octanol–water partition coefficient (Wildman–Crippen LogP) is 3.19. The second-order valence-corrected chi connectivity index (χ2v) is 7.19. The van der Waals surface area contributed by atoms with Crippen LogP contribution in [0.5, 0.6) is 5.75 Å². The summed E-state index contributed by atoms with van der Waals surface area (Å²) < 4.78 is 5.81. The van der Waals surface area contributed by atoms with Gasteiger partial charge in [-0.15, -0.1) is 0 Å². The Morgan fingerprint density at radius 1 is 1.12 bits per heavy atom. The maximum atomic E-state index is 5.81. The first-order chi connectivity index (χ1) is 12.1. The van der Waals surface area contributed by atoms with Gasteiger partial charge in [0.2, 0.25) is 0 Å². The fourth-order valence-electron chi connectivity index (χ4n) is 3.92. The minimum atomic E-state index is 0.304. The van der Waals surface area contributed by atoms with Gasteiger partial charge in [0.15, 0.2) is 0 Å². The van der Waals surface area contributed by atoms with E-state index < -0.39 is 0 Å². The number of benzene rings is 2. The third-order valence-corrected chi connectivity index (χ3v) is 5.16. The lowest BCUT2D eigenvalue weighted by Crippen LogP contribution is -2.22. The number of hydrazone groups is 1. The second kappa shape index (κ2) is 6.52. The summed E-state index contributed by atoms with van der Waals surface area (Å²) in [5, 5.41) is 6.98. The topological polar surface area (TPSA) is 28.1 Å². The highest BCUT2D eigenvalue weighted by Crippen LogP contribution is 2.43. The molecule has 0 saturated heterocycles. The fourth-order valence-corrected chi connectivity index (χ4v) is 3.92. The van der Waals surface area contributed by atoms with Crippen LogP contribution in [-0.4, -0.2) is 49.9 Å². The van der Waals surface area contributed by atoms with Gasteiger partial charge < -0.3 is 9.64 Å². The van der Waals surface area contributed by atoms with E-state index in [1.807, 2.05) is 0 Å². The number of ether oxygens (including phenoxy) is 1. The second-order valence-electron chi connectivity index (χ2n) is 7.19. The van der Waals surface area contributed by atoms with Gasteiger partial charge in [-0.3, -0.25) is 5.01 Å². The number of likely N-dealkylation sites (N-methyl/N-ethyl adjacent to an activating group) is 1. The van der Waals surface area contributed by atoms with Crippen molar-refractivity contribution in [3.63, 3.8) is 0 Å². The number of hydrogen-bond acceptors (Lipinski definition) is 4. The minimum absolute atomic E-state index is 0.304. The number of nitrogens with zero attached hydrogens (tertiary/aromatic N) is 3. The van der Waals surface area contributed by atoms with Crippen molar-refractivity contribution >= 4 is 5.71 Å². The molecular formula is C21H25N3O. The zero-order valence-corrected chi connectivity index (χ0v) is 15.1. The maximum absolute atomic E-state index is 5.81. The van der Waals surface area contributed by atoms with Crippen molar-refractivity contribution in [3.05, 3.63) is 65.2 Å². The Kier molecular flexibility index (Phi) is 4.22. The van der Waals surface area contributed by atoms with Crippen molar-refractivity contribution in [3.8, 4) is 5.75 Å². The summed E-state index contributed by atoms with van der Waals surface area (Å²) >= 11 is 0. The molecule has 0 saturated carbocycles. The summed E-state index contributed by atoms with van der Waals surface area (Å²) in [6.07, 6.45) is 1.07. The Bertz CT molecular complexity index is 782. The molecule has 1 aliphatic heterocycles. The molecule has 4 nitrogen and oxygen atoms in total. The Labute approximate surface area is 149 Å². The van der Waals surface area contributed by atoms with E-state index in [0.717, 1.165) is 18.7 Å². The minimum Gasteiger partial charge on any atom is -0.492 e. The van der Waals surface area contributed by atoms with Crippen molar-refractivity contribution < 1.29 is 4.74 Å². The molecule has 1 heterocycles. The predicted molar refractivity (Wildman–Crippen MR) is 101 cm³/mol. The Morgan fingerprint density at radius 3 is 2.64 bits per heavy atom. The van der Waals surface area contributed by atoms with Gasteiger partial charge in [0.25, 0.3) is 0 Å². The number of hydrogen-bond donors (Lipinski definition) is 0. The number of rotatable bonds is 5. The molecule has 0 aromatic heterocycles. The quantitative estimate of drug-likeness (QED) is 0.840. The zero-order chi connectivity index (χ0) is 17.4. The van der Waals surface area contributed by atoms with Crippen LogP contribution in [-0.2, 0) is 6.42 Å². The molecule has 130 valence electrons. The summed E-state index contributed by atoms with van der Waals surface area (Å²) in [5.41, 5.74) is 5.30. The van der Waals surface area contributed by atoms with E-state index in [1.54, 1.807) is 0 Å². The molecule has 2 aliphatic rings. The molecule has 2 unspecified atom stereocenters. The SMILES string of the molecule is CN(C)CCOc1ccc(C2C3Cc4ccccc4C3=NN2C)cc1. The zero-order valence-electron chi connectivity index (χ0n) is 15.1. The molecule has 0 amide bonds. The van der Waals surface area contributed by atoms with Crippen LogP contribution in [0, 0.1) is 5.92 Å². The normalized spacial score (nSPS) is 21.3. The van der Waals surface area contributed by atoms with E-state index in [4.69, 9.17) is 9.84 Å². The van der Waals surface area contributed by atoms with Crippen molar-refractivity contribution in [1.29, 1.82) is 0 Å². The summed E-state index contributed by atoms with van der Waals surface area (Å²) in [4.78, 5) is 2.12. The first-order valence-corrected chi connectivity index (χ1v) is 8.90. The van der Waals surface area contributed by atoms with Gasteiger partial charge in [-0.1, -0.05) is 36.4 Å². The molecule has 2 atom stereocenters. The lowest BCUT2D eigenvalue weighted by Gasteiger charge is -2.24. The van der Waals surface area contributed by atoms with Crippen LogP contribution in [0.3, 0.4) is 0 Å². The van der Waals surface area contributed by atoms with E-state index >= 15 is 0 Å². The first kappa shape index (κ1) is 16.2. The van der Waals surface area contributed by atoms with Gasteiger partial charge in [0, 0.05) is 25.1 Å². The van der Waals surface area contributed by atoms with Crippen LogP contribution < -0.4 is 4.74 Å². The van der Waals surface area contributed by atoms with E-state index in [0.29, 0.717) is 18.6 Å². The molecule has 1 aliphatic carbocycles. The smallest absolute Gasteiger partial charge is 0.119 e. The van der Waals surface area contributed by atoms with Gasteiger partial charge in [0.1, 0.15) is 12.4 Å². The van der Waals surface area contributed by atoms with Crippen LogP contribution in [0.15, 0.2) is 53.6 Å².